The maximum Gasteiger partial charge on any atom is 0.140 e. The second-order valence-electron chi connectivity index (χ2n) is 5.00. The van der Waals surface area contributed by atoms with Gasteiger partial charge in [-0.25, -0.2) is 10.8 Å². The summed E-state index contributed by atoms with van der Waals surface area (Å²) in [6.07, 6.45) is 1.07. The van der Waals surface area contributed by atoms with E-state index in [9.17, 15) is 0 Å². The molecule has 0 bridgehead atoms. The molecule has 104 valence electrons. The summed E-state index contributed by atoms with van der Waals surface area (Å²) in [4.78, 5) is 6.79. The number of fused-ring (bicyclic) bond motifs is 1. The van der Waals surface area contributed by atoms with Crippen LogP contribution < -0.4 is 11.3 Å². The van der Waals surface area contributed by atoms with Crippen molar-refractivity contribution in [2.45, 2.75) is 19.5 Å². The molecule has 4 nitrogen and oxygen atoms in total. The van der Waals surface area contributed by atoms with E-state index in [0.717, 1.165) is 31.7 Å². The van der Waals surface area contributed by atoms with E-state index in [2.05, 4.69) is 39.6 Å². The summed E-state index contributed by atoms with van der Waals surface area (Å²) in [5.74, 6) is 6.04. The molecule has 0 saturated carbocycles. The van der Waals surface area contributed by atoms with Gasteiger partial charge in [-0.05, 0) is 29.7 Å². The molecule has 0 spiro atoms. The summed E-state index contributed by atoms with van der Waals surface area (Å²) in [6.45, 7) is 2.70. The Morgan fingerprint density at radius 1 is 1.20 bits per heavy atom. The number of benzene rings is 1. The number of nitrogens with one attached hydrogen (secondary N) is 1. The molecule has 2 heterocycles. The van der Waals surface area contributed by atoms with Crippen LogP contribution in [-0.4, -0.2) is 16.4 Å². The Morgan fingerprint density at radius 2 is 2.00 bits per heavy atom. The molecule has 3 rings (SSSR count). The van der Waals surface area contributed by atoms with E-state index in [0.29, 0.717) is 10.8 Å². The third kappa shape index (κ3) is 2.77. The number of nitrogen functional groups attached to an aromatic ring is 1. The largest absolute Gasteiger partial charge is 0.308 e. The smallest absolute Gasteiger partial charge is 0.140 e. The van der Waals surface area contributed by atoms with Crippen molar-refractivity contribution in [2.24, 2.45) is 5.84 Å². The van der Waals surface area contributed by atoms with Gasteiger partial charge in [-0.2, -0.15) is 0 Å². The number of pyridine rings is 1. The SMILES string of the molecule is NNc1ccc(Cl)c(CN2CCc3ccccc3C2)n1. The van der Waals surface area contributed by atoms with Crippen molar-refractivity contribution in [3.05, 3.63) is 58.2 Å². The molecule has 0 aliphatic carbocycles. The lowest BCUT2D eigenvalue weighted by atomic mass is 10.00. The van der Waals surface area contributed by atoms with Crippen molar-refractivity contribution >= 4 is 17.4 Å². The molecule has 1 aromatic carbocycles. The van der Waals surface area contributed by atoms with Gasteiger partial charge in [-0.3, -0.25) is 4.90 Å². The average molecular weight is 289 g/mol. The topological polar surface area (TPSA) is 54.2 Å². The fourth-order valence-corrected chi connectivity index (χ4v) is 2.74. The lowest BCUT2D eigenvalue weighted by Gasteiger charge is -2.28. The van der Waals surface area contributed by atoms with Gasteiger partial charge in [0.1, 0.15) is 5.82 Å². The molecule has 0 atom stereocenters. The van der Waals surface area contributed by atoms with Crippen LogP contribution in [0.5, 0.6) is 0 Å². The van der Waals surface area contributed by atoms with Crippen molar-refractivity contribution < 1.29 is 0 Å². The van der Waals surface area contributed by atoms with Gasteiger partial charge in [0.05, 0.1) is 10.7 Å². The van der Waals surface area contributed by atoms with Crippen molar-refractivity contribution in [2.75, 3.05) is 12.0 Å². The minimum Gasteiger partial charge on any atom is -0.308 e. The van der Waals surface area contributed by atoms with Crippen molar-refractivity contribution in [1.82, 2.24) is 9.88 Å². The van der Waals surface area contributed by atoms with Gasteiger partial charge >= 0.3 is 0 Å². The van der Waals surface area contributed by atoms with Crippen molar-refractivity contribution in [3.63, 3.8) is 0 Å². The van der Waals surface area contributed by atoms with E-state index in [1.165, 1.54) is 11.1 Å². The van der Waals surface area contributed by atoms with E-state index >= 15 is 0 Å². The Bertz CT molecular complexity index is 615. The van der Waals surface area contributed by atoms with Gasteiger partial charge in [0.25, 0.3) is 0 Å². The molecular formula is C15H17ClN4. The van der Waals surface area contributed by atoms with Gasteiger partial charge in [0.15, 0.2) is 0 Å². The lowest BCUT2D eigenvalue weighted by molar-refractivity contribution is 0.243. The first-order valence-electron chi connectivity index (χ1n) is 6.67. The summed E-state index contributed by atoms with van der Waals surface area (Å²) in [7, 11) is 0. The van der Waals surface area contributed by atoms with Crippen LogP contribution in [0.3, 0.4) is 0 Å². The predicted molar refractivity (Wildman–Crippen MR) is 81.3 cm³/mol. The molecule has 0 fully saturated rings. The minimum absolute atomic E-state index is 0.641. The zero-order chi connectivity index (χ0) is 13.9. The molecular weight excluding hydrogens is 272 g/mol. The fraction of sp³-hybridized carbons (Fsp3) is 0.267. The molecule has 2 aromatic rings. The van der Waals surface area contributed by atoms with E-state index in [4.69, 9.17) is 17.4 Å². The maximum atomic E-state index is 6.21. The number of hydrogen-bond acceptors (Lipinski definition) is 4. The highest BCUT2D eigenvalue weighted by atomic mass is 35.5. The van der Waals surface area contributed by atoms with E-state index in [1.807, 2.05) is 6.07 Å². The van der Waals surface area contributed by atoms with Crippen LogP contribution in [0.2, 0.25) is 5.02 Å². The van der Waals surface area contributed by atoms with Gasteiger partial charge in [0.2, 0.25) is 0 Å². The first kappa shape index (κ1) is 13.4. The highest BCUT2D eigenvalue weighted by Gasteiger charge is 2.17. The molecule has 0 saturated heterocycles. The number of hydrazine groups is 1. The lowest BCUT2D eigenvalue weighted by Crippen LogP contribution is -2.30. The van der Waals surface area contributed by atoms with Crippen LogP contribution in [0.25, 0.3) is 0 Å². The average Bonchev–Trinajstić information content (AvgIpc) is 2.49. The van der Waals surface area contributed by atoms with Crippen molar-refractivity contribution in [3.8, 4) is 0 Å². The van der Waals surface area contributed by atoms with Crippen LogP contribution in [0.4, 0.5) is 5.82 Å². The van der Waals surface area contributed by atoms with Gasteiger partial charge in [-0.15, -0.1) is 0 Å². The summed E-state index contributed by atoms with van der Waals surface area (Å²) < 4.78 is 0. The fourth-order valence-electron chi connectivity index (χ4n) is 2.58. The summed E-state index contributed by atoms with van der Waals surface area (Å²) in [5.41, 5.74) is 6.26. The van der Waals surface area contributed by atoms with E-state index in [-0.39, 0.29) is 0 Å². The van der Waals surface area contributed by atoms with E-state index in [1.54, 1.807) is 6.07 Å². The van der Waals surface area contributed by atoms with Crippen LogP contribution in [0.15, 0.2) is 36.4 Å². The Balaban J connectivity index is 1.76. The normalized spacial score (nSPS) is 14.9. The number of hydrogen-bond donors (Lipinski definition) is 2. The third-order valence-electron chi connectivity index (χ3n) is 3.65. The van der Waals surface area contributed by atoms with Crippen molar-refractivity contribution in [1.29, 1.82) is 0 Å². The summed E-state index contributed by atoms with van der Waals surface area (Å²) in [6, 6.07) is 12.2. The number of anilines is 1. The minimum atomic E-state index is 0.641. The molecule has 1 aliphatic heterocycles. The second-order valence-corrected chi connectivity index (χ2v) is 5.41. The molecule has 0 amide bonds. The monoisotopic (exact) mass is 288 g/mol. The molecule has 0 radical (unpaired) electrons. The Labute approximate surface area is 123 Å². The molecule has 5 heteroatoms. The number of nitrogens with zero attached hydrogens (tertiary/aromatic N) is 2. The Hall–Kier alpha value is -1.62. The summed E-state index contributed by atoms with van der Waals surface area (Å²) in [5, 5.41) is 0.683. The van der Waals surface area contributed by atoms with E-state index < -0.39 is 0 Å². The highest BCUT2D eigenvalue weighted by molar-refractivity contribution is 6.31. The molecule has 0 unspecified atom stereocenters. The molecule has 3 N–H and O–H groups in total. The zero-order valence-electron chi connectivity index (χ0n) is 11.1. The number of halogens is 1. The zero-order valence-corrected chi connectivity index (χ0v) is 11.9. The van der Waals surface area contributed by atoms with Gasteiger partial charge < -0.3 is 5.43 Å². The quantitative estimate of drug-likeness (QED) is 0.673. The van der Waals surface area contributed by atoms with Crippen LogP contribution >= 0.6 is 11.6 Å². The molecule has 20 heavy (non-hydrogen) atoms. The van der Waals surface area contributed by atoms with Crippen LogP contribution in [-0.2, 0) is 19.5 Å². The predicted octanol–water partition coefficient (Wildman–Crippen LogP) is 2.58. The van der Waals surface area contributed by atoms with Crippen LogP contribution in [0, 0.1) is 0 Å². The third-order valence-corrected chi connectivity index (χ3v) is 3.99. The number of aromatic nitrogens is 1. The van der Waals surface area contributed by atoms with Crippen LogP contribution in [0.1, 0.15) is 16.8 Å². The first-order valence-corrected chi connectivity index (χ1v) is 7.05. The number of nitrogens with two attached hydrogens (primary N) is 1. The molecule has 1 aliphatic rings. The summed E-state index contributed by atoms with van der Waals surface area (Å²) >= 11 is 6.21. The highest BCUT2D eigenvalue weighted by Crippen LogP contribution is 2.23. The molecule has 1 aromatic heterocycles. The van der Waals surface area contributed by atoms with Gasteiger partial charge in [0, 0.05) is 19.6 Å². The Morgan fingerprint density at radius 3 is 2.80 bits per heavy atom. The standard InChI is InChI=1S/C15H17ClN4/c16-13-5-6-15(19-17)18-14(13)10-20-8-7-11-3-1-2-4-12(11)9-20/h1-6H,7-10,17H2,(H,18,19). The second kappa shape index (κ2) is 5.79. The first-order chi connectivity index (χ1) is 9.76. The maximum absolute atomic E-state index is 6.21. The van der Waals surface area contributed by atoms with Gasteiger partial charge in [-0.1, -0.05) is 35.9 Å². The Kier molecular flexibility index (Phi) is 3.87. The number of rotatable bonds is 3.